The molecule has 0 bridgehead atoms. The molecule has 0 saturated carbocycles. The van der Waals surface area contributed by atoms with Gasteiger partial charge in [-0.1, -0.05) is 0 Å². The summed E-state index contributed by atoms with van der Waals surface area (Å²) in [5.74, 6) is 0.569. The fraction of sp³-hybridized carbons (Fsp3) is 0.444. The SMILES string of the molecule is CCOC(=O)Nc1nc(C)cc(OC)n1. The third-order valence-corrected chi connectivity index (χ3v) is 1.53. The van der Waals surface area contributed by atoms with Crippen LogP contribution in [0.1, 0.15) is 12.6 Å². The lowest BCUT2D eigenvalue weighted by Crippen LogP contribution is -2.15. The third kappa shape index (κ3) is 3.41. The molecule has 82 valence electrons. The molecule has 1 N–H and O–H groups in total. The number of anilines is 1. The first-order valence-electron chi connectivity index (χ1n) is 4.49. The minimum Gasteiger partial charge on any atom is -0.481 e. The van der Waals surface area contributed by atoms with Crippen molar-refractivity contribution in [2.45, 2.75) is 13.8 Å². The topological polar surface area (TPSA) is 73.3 Å². The van der Waals surface area contributed by atoms with Crippen molar-refractivity contribution in [3.63, 3.8) is 0 Å². The molecule has 0 saturated heterocycles. The number of carbonyl (C=O) groups excluding carboxylic acids is 1. The zero-order valence-electron chi connectivity index (χ0n) is 8.90. The first-order chi connectivity index (χ1) is 7.15. The van der Waals surface area contributed by atoms with E-state index in [0.29, 0.717) is 18.2 Å². The Morgan fingerprint density at radius 1 is 1.53 bits per heavy atom. The van der Waals surface area contributed by atoms with E-state index in [4.69, 9.17) is 4.74 Å². The number of hydrogen-bond donors (Lipinski definition) is 1. The second-order valence-corrected chi connectivity index (χ2v) is 2.72. The molecule has 6 heteroatoms. The second-order valence-electron chi connectivity index (χ2n) is 2.72. The van der Waals surface area contributed by atoms with Crippen molar-refractivity contribution >= 4 is 12.0 Å². The molecule has 1 rings (SSSR count). The first-order valence-corrected chi connectivity index (χ1v) is 4.49. The minimum absolute atomic E-state index is 0.172. The summed E-state index contributed by atoms with van der Waals surface area (Å²) in [6.45, 7) is 3.80. The Morgan fingerprint density at radius 2 is 2.27 bits per heavy atom. The Bertz CT molecular complexity index is 354. The Hall–Kier alpha value is -1.85. The number of amides is 1. The van der Waals surface area contributed by atoms with Gasteiger partial charge in [0.05, 0.1) is 13.7 Å². The van der Waals surface area contributed by atoms with E-state index in [1.54, 1.807) is 19.9 Å². The van der Waals surface area contributed by atoms with Crippen LogP contribution in [0.3, 0.4) is 0 Å². The van der Waals surface area contributed by atoms with Gasteiger partial charge in [-0.05, 0) is 13.8 Å². The molecular weight excluding hydrogens is 198 g/mol. The molecule has 1 aromatic rings. The molecule has 1 heterocycles. The zero-order valence-corrected chi connectivity index (χ0v) is 8.90. The molecule has 0 fully saturated rings. The predicted octanol–water partition coefficient (Wildman–Crippen LogP) is 1.36. The maximum absolute atomic E-state index is 11.1. The van der Waals surface area contributed by atoms with Gasteiger partial charge in [-0.3, -0.25) is 5.32 Å². The number of aromatic nitrogens is 2. The third-order valence-electron chi connectivity index (χ3n) is 1.53. The Labute approximate surface area is 87.6 Å². The molecule has 0 aliphatic carbocycles. The van der Waals surface area contributed by atoms with Crippen LogP contribution in [0.4, 0.5) is 10.7 Å². The summed E-state index contributed by atoms with van der Waals surface area (Å²) in [6.07, 6.45) is -0.579. The highest BCUT2D eigenvalue weighted by atomic mass is 16.5. The summed E-state index contributed by atoms with van der Waals surface area (Å²) in [5.41, 5.74) is 0.702. The first kappa shape index (κ1) is 11.2. The van der Waals surface area contributed by atoms with Crippen molar-refractivity contribution in [3.05, 3.63) is 11.8 Å². The molecule has 0 unspecified atom stereocenters. The van der Waals surface area contributed by atoms with Crippen LogP contribution in [0.15, 0.2) is 6.07 Å². The van der Waals surface area contributed by atoms with E-state index in [1.807, 2.05) is 0 Å². The van der Waals surface area contributed by atoms with Crippen molar-refractivity contribution in [2.75, 3.05) is 19.0 Å². The van der Waals surface area contributed by atoms with Gasteiger partial charge in [0.1, 0.15) is 0 Å². The number of rotatable bonds is 3. The number of methoxy groups -OCH3 is 1. The lowest BCUT2D eigenvalue weighted by molar-refractivity contribution is 0.167. The summed E-state index contributed by atoms with van der Waals surface area (Å²) < 4.78 is 9.62. The summed E-state index contributed by atoms with van der Waals surface area (Å²) in [6, 6.07) is 1.66. The van der Waals surface area contributed by atoms with E-state index < -0.39 is 6.09 Å². The molecule has 15 heavy (non-hydrogen) atoms. The highest BCUT2D eigenvalue weighted by Crippen LogP contribution is 2.11. The summed E-state index contributed by atoms with van der Waals surface area (Å²) in [7, 11) is 1.50. The largest absolute Gasteiger partial charge is 0.481 e. The molecular formula is C9H13N3O3. The number of nitrogens with zero attached hydrogens (tertiary/aromatic N) is 2. The monoisotopic (exact) mass is 211 g/mol. The van der Waals surface area contributed by atoms with Gasteiger partial charge in [0.2, 0.25) is 11.8 Å². The molecule has 0 aliphatic heterocycles. The number of ether oxygens (including phenoxy) is 2. The average Bonchev–Trinajstić information content (AvgIpc) is 2.17. The van der Waals surface area contributed by atoms with Gasteiger partial charge >= 0.3 is 6.09 Å². The van der Waals surface area contributed by atoms with E-state index in [0.717, 1.165) is 0 Å². The highest BCUT2D eigenvalue weighted by molar-refractivity contribution is 5.82. The van der Waals surface area contributed by atoms with Crippen molar-refractivity contribution < 1.29 is 14.3 Å². The van der Waals surface area contributed by atoms with Gasteiger partial charge in [0.15, 0.2) is 0 Å². The lowest BCUT2D eigenvalue weighted by atomic mass is 10.4. The quantitative estimate of drug-likeness (QED) is 0.817. The Kier molecular flexibility index (Phi) is 3.84. The van der Waals surface area contributed by atoms with Crippen LogP contribution in [0.5, 0.6) is 5.88 Å². The van der Waals surface area contributed by atoms with Crippen LogP contribution in [-0.4, -0.2) is 29.8 Å². The number of aryl methyl sites for hydroxylation is 1. The smallest absolute Gasteiger partial charge is 0.414 e. The summed E-state index contributed by atoms with van der Waals surface area (Å²) in [5, 5.41) is 2.40. The fourth-order valence-corrected chi connectivity index (χ4v) is 0.959. The van der Waals surface area contributed by atoms with E-state index in [-0.39, 0.29) is 5.95 Å². The summed E-state index contributed by atoms with van der Waals surface area (Å²) >= 11 is 0. The van der Waals surface area contributed by atoms with Crippen LogP contribution in [0.25, 0.3) is 0 Å². The van der Waals surface area contributed by atoms with E-state index in [1.165, 1.54) is 7.11 Å². The molecule has 6 nitrogen and oxygen atoms in total. The van der Waals surface area contributed by atoms with Crippen LogP contribution < -0.4 is 10.1 Å². The molecule has 0 aliphatic rings. The van der Waals surface area contributed by atoms with Gasteiger partial charge in [0.25, 0.3) is 0 Å². The maximum atomic E-state index is 11.1. The Morgan fingerprint density at radius 3 is 2.87 bits per heavy atom. The number of nitrogens with one attached hydrogen (secondary N) is 1. The molecule has 0 atom stereocenters. The fourth-order valence-electron chi connectivity index (χ4n) is 0.959. The van der Waals surface area contributed by atoms with Crippen LogP contribution >= 0.6 is 0 Å². The highest BCUT2D eigenvalue weighted by Gasteiger charge is 2.06. The standard InChI is InChI=1S/C9H13N3O3/c1-4-15-9(13)12-8-10-6(2)5-7(11-8)14-3/h5H,4H2,1-3H3,(H,10,11,12,13). The molecule has 1 aromatic heterocycles. The number of carbonyl (C=O) groups is 1. The summed E-state index contributed by atoms with van der Waals surface area (Å²) in [4.78, 5) is 19.0. The molecule has 0 aromatic carbocycles. The maximum Gasteiger partial charge on any atom is 0.414 e. The van der Waals surface area contributed by atoms with Gasteiger partial charge < -0.3 is 9.47 Å². The Balaban J connectivity index is 2.76. The van der Waals surface area contributed by atoms with Crippen LogP contribution in [0, 0.1) is 6.92 Å². The van der Waals surface area contributed by atoms with E-state index >= 15 is 0 Å². The zero-order chi connectivity index (χ0) is 11.3. The normalized spacial score (nSPS) is 9.53. The molecule has 0 spiro atoms. The van der Waals surface area contributed by atoms with E-state index in [2.05, 4.69) is 20.0 Å². The van der Waals surface area contributed by atoms with Crippen molar-refractivity contribution in [2.24, 2.45) is 0 Å². The van der Waals surface area contributed by atoms with Crippen LogP contribution in [0.2, 0.25) is 0 Å². The van der Waals surface area contributed by atoms with Crippen molar-refractivity contribution in [1.82, 2.24) is 9.97 Å². The van der Waals surface area contributed by atoms with Gasteiger partial charge in [-0.2, -0.15) is 4.98 Å². The predicted molar refractivity (Wildman–Crippen MR) is 54.0 cm³/mol. The number of hydrogen-bond acceptors (Lipinski definition) is 5. The lowest BCUT2D eigenvalue weighted by Gasteiger charge is -2.05. The molecule has 0 radical (unpaired) electrons. The average molecular weight is 211 g/mol. The van der Waals surface area contributed by atoms with E-state index in [9.17, 15) is 4.79 Å². The van der Waals surface area contributed by atoms with Gasteiger partial charge in [-0.25, -0.2) is 9.78 Å². The molecule has 1 amide bonds. The van der Waals surface area contributed by atoms with Crippen molar-refractivity contribution in [3.8, 4) is 5.88 Å². The minimum atomic E-state index is -0.579. The van der Waals surface area contributed by atoms with Gasteiger partial charge in [-0.15, -0.1) is 0 Å². The van der Waals surface area contributed by atoms with Crippen LogP contribution in [-0.2, 0) is 4.74 Å². The van der Waals surface area contributed by atoms with Crippen molar-refractivity contribution in [1.29, 1.82) is 0 Å². The second kappa shape index (κ2) is 5.14. The van der Waals surface area contributed by atoms with Gasteiger partial charge in [0, 0.05) is 11.8 Å².